The Hall–Kier alpha value is -2.89. The van der Waals surface area contributed by atoms with Crippen LogP contribution in [0.4, 0.5) is 5.69 Å². The SMILES string of the molecule is Cc1cccc(Oc2ccc(CC(=O)O)cc2)c1[N+](=O)[O-]. The van der Waals surface area contributed by atoms with Crippen LogP contribution in [0.2, 0.25) is 0 Å². The largest absolute Gasteiger partial charge is 0.481 e. The van der Waals surface area contributed by atoms with Gasteiger partial charge in [0.15, 0.2) is 0 Å². The normalized spacial score (nSPS) is 10.1. The Morgan fingerprint density at radius 2 is 1.90 bits per heavy atom. The average Bonchev–Trinajstić information content (AvgIpc) is 2.40. The van der Waals surface area contributed by atoms with Crippen molar-refractivity contribution in [1.82, 2.24) is 0 Å². The predicted octanol–water partition coefficient (Wildman–Crippen LogP) is 3.32. The van der Waals surface area contributed by atoms with Crippen LogP contribution < -0.4 is 4.74 Å². The van der Waals surface area contributed by atoms with E-state index < -0.39 is 10.9 Å². The van der Waals surface area contributed by atoms with Crippen LogP contribution in [0.5, 0.6) is 11.5 Å². The molecule has 0 atom stereocenters. The second kappa shape index (κ2) is 6.04. The molecular formula is C15H13NO5. The maximum Gasteiger partial charge on any atom is 0.314 e. The summed E-state index contributed by atoms with van der Waals surface area (Å²) in [6.07, 6.45) is -0.0785. The van der Waals surface area contributed by atoms with E-state index in [-0.39, 0.29) is 17.9 Å². The summed E-state index contributed by atoms with van der Waals surface area (Å²) in [7, 11) is 0. The van der Waals surface area contributed by atoms with Gasteiger partial charge in [0.1, 0.15) is 5.75 Å². The summed E-state index contributed by atoms with van der Waals surface area (Å²) in [4.78, 5) is 21.2. The highest BCUT2D eigenvalue weighted by atomic mass is 16.6. The molecule has 0 aliphatic carbocycles. The molecule has 0 spiro atoms. The van der Waals surface area contributed by atoms with Crippen LogP contribution in [-0.2, 0) is 11.2 Å². The Balaban J connectivity index is 2.24. The number of aliphatic carboxylic acids is 1. The monoisotopic (exact) mass is 287 g/mol. The van der Waals surface area contributed by atoms with Gasteiger partial charge in [-0.2, -0.15) is 0 Å². The van der Waals surface area contributed by atoms with Crippen molar-refractivity contribution >= 4 is 11.7 Å². The molecule has 0 heterocycles. The first-order valence-electron chi connectivity index (χ1n) is 6.20. The van der Waals surface area contributed by atoms with Gasteiger partial charge in [-0.25, -0.2) is 0 Å². The third kappa shape index (κ3) is 3.56. The molecule has 0 aliphatic rings. The van der Waals surface area contributed by atoms with Crippen LogP contribution in [0, 0.1) is 17.0 Å². The van der Waals surface area contributed by atoms with Crippen molar-refractivity contribution in [3.05, 3.63) is 63.7 Å². The van der Waals surface area contributed by atoms with Gasteiger partial charge in [-0.1, -0.05) is 24.3 Å². The van der Waals surface area contributed by atoms with Crippen LogP contribution in [0.1, 0.15) is 11.1 Å². The van der Waals surface area contributed by atoms with E-state index in [4.69, 9.17) is 9.84 Å². The molecule has 6 nitrogen and oxygen atoms in total. The summed E-state index contributed by atoms with van der Waals surface area (Å²) in [5.74, 6) is -0.346. The number of nitro benzene ring substituents is 1. The van der Waals surface area contributed by atoms with Crippen molar-refractivity contribution in [3.8, 4) is 11.5 Å². The molecular weight excluding hydrogens is 274 g/mol. The minimum absolute atomic E-state index is 0.0767. The van der Waals surface area contributed by atoms with Crippen molar-refractivity contribution in [2.45, 2.75) is 13.3 Å². The Labute approximate surface area is 120 Å². The molecule has 1 N–H and O–H groups in total. The van der Waals surface area contributed by atoms with Gasteiger partial charge < -0.3 is 9.84 Å². The summed E-state index contributed by atoms with van der Waals surface area (Å²) < 4.78 is 5.52. The number of ether oxygens (including phenoxy) is 1. The highest BCUT2D eigenvalue weighted by Gasteiger charge is 2.18. The number of nitrogens with zero attached hydrogens (tertiary/aromatic N) is 1. The molecule has 0 radical (unpaired) electrons. The van der Waals surface area contributed by atoms with E-state index in [2.05, 4.69) is 0 Å². The van der Waals surface area contributed by atoms with E-state index in [1.54, 1.807) is 43.3 Å². The molecule has 0 saturated heterocycles. The van der Waals surface area contributed by atoms with Gasteiger partial charge in [-0.3, -0.25) is 14.9 Å². The zero-order chi connectivity index (χ0) is 15.4. The lowest BCUT2D eigenvalue weighted by atomic mass is 10.1. The fraction of sp³-hybridized carbons (Fsp3) is 0.133. The van der Waals surface area contributed by atoms with Crippen molar-refractivity contribution in [3.63, 3.8) is 0 Å². The first kappa shape index (κ1) is 14.5. The van der Waals surface area contributed by atoms with Crippen molar-refractivity contribution in [1.29, 1.82) is 0 Å². The van der Waals surface area contributed by atoms with E-state index in [0.29, 0.717) is 16.9 Å². The van der Waals surface area contributed by atoms with Crippen molar-refractivity contribution in [2.75, 3.05) is 0 Å². The quantitative estimate of drug-likeness (QED) is 0.673. The van der Waals surface area contributed by atoms with Gasteiger partial charge in [-0.15, -0.1) is 0 Å². The highest BCUT2D eigenvalue weighted by molar-refractivity contribution is 5.70. The summed E-state index contributed by atoms with van der Waals surface area (Å²) >= 11 is 0. The van der Waals surface area contributed by atoms with Gasteiger partial charge in [0.25, 0.3) is 0 Å². The number of carboxylic acid groups (broad SMARTS) is 1. The second-order valence-corrected chi connectivity index (χ2v) is 4.50. The molecule has 0 aromatic heterocycles. The fourth-order valence-corrected chi connectivity index (χ4v) is 1.93. The molecule has 0 aliphatic heterocycles. The summed E-state index contributed by atoms with van der Waals surface area (Å²) in [5, 5.41) is 19.8. The van der Waals surface area contributed by atoms with Crippen LogP contribution in [-0.4, -0.2) is 16.0 Å². The Morgan fingerprint density at radius 3 is 2.48 bits per heavy atom. The van der Waals surface area contributed by atoms with Gasteiger partial charge >= 0.3 is 11.7 Å². The number of benzene rings is 2. The second-order valence-electron chi connectivity index (χ2n) is 4.50. The minimum atomic E-state index is -0.919. The maximum atomic E-state index is 11.1. The van der Waals surface area contributed by atoms with Crippen molar-refractivity contribution in [2.24, 2.45) is 0 Å². The molecule has 108 valence electrons. The lowest BCUT2D eigenvalue weighted by molar-refractivity contribution is -0.386. The molecule has 0 saturated carbocycles. The first-order valence-corrected chi connectivity index (χ1v) is 6.20. The zero-order valence-corrected chi connectivity index (χ0v) is 11.3. The van der Waals surface area contributed by atoms with Crippen molar-refractivity contribution < 1.29 is 19.6 Å². The lowest BCUT2D eigenvalue weighted by Crippen LogP contribution is -1.99. The van der Waals surface area contributed by atoms with E-state index in [9.17, 15) is 14.9 Å². The van der Waals surface area contributed by atoms with E-state index >= 15 is 0 Å². The predicted molar refractivity (Wildman–Crippen MR) is 75.7 cm³/mol. The molecule has 2 aromatic rings. The minimum Gasteiger partial charge on any atom is -0.481 e. The van der Waals surface area contributed by atoms with Gasteiger partial charge in [0.05, 0.1) is 11.3 Å². The first-order chi connectivity index (χ1) is 9.97. The molecule has 0 fully saturated rings. The number of aryl methyl sites for hydroxylation is 1. The molecule has 21 heavy (non-hydrogen) atoms. The molecule has 2 aromatic carbocycles. The topological polar surface area (TPSA) is 89.7 Å². The number of carbonyl (C=O) groups is 1. The Morgan fingerprint density at radius 1 is 1.24 bits per heavy atom. The third-order valence-electron chi connectivity index (χ3n) is 2.89. The number of carboxylic acids is 1. The van der Waals surface area contributed by atoms with Gasteiger partial charge in [-0.05, 0) is 30.7 Å². The highest BCUT2D eigenvalue weighted by Crippen LogP contribution is 2.33. The molecule has 6 heteroatoms. The number of nitro groups is 1. The smallest absolute Gasteiger partial charge is 0.314 e. The Bertz CT molecular complexity index is 679. The Kier molecular flexibility index (Phi) is 4.18. The van der Waals surface area contributed by atoms with E-state index in [1.165, 1.54) is 6.07 Å². The zero-order valence-electron chi connectivity index (χ0n) is 11.3. The van der Waals surface area contributed by atoms with Crippen LogP contribution >= 0.6 is 0 Å². The fourth-order valence-electron chi connectivity index (χ4n) is 1.93. The molecule has 0 amide bonds. The maximum absolute atomic E-state index is 11.1. The number of hydrogen-bond acceptors (Lipinski definition) is 4. The molecule has 0 unspecified atom stereocenters. The molecule has 2 rings (SSSR count). The van der Waals surface area contributed by atoms with Gasteiger partial charge in [0.2, 0.25) is 5.75 Å². The van der Waals surface area contributed by atoms with E-state index in [1.807, 2.05) is 0 Å². The van der Waals surface area contributed by atoms with E-state index in [0.717, 1.165) is 0 Å². The lowest BCUT2D eigenvalue weighted by Gasteiger charge is -2.08. The summed E-state index contributed by atoms with van der Waals surface area (Å²) in [6, 6.07) is 11.2. The van der Waals surface area contributed by atoms with Crippen LogP contribution in [0.25, 0.3) is 0 Å². The van der Waals surface area contributed by atoms with Gasteiger partial charge in [0, 0.05) is 5.56 Å². The third-order valence-corrected chi connectivity index (χ3v) is 2.89. The number of para-hydroxylation sites is 1. The summed E-state index contributed by atoms with van der Waals surface area (Å²) in [5.41, 5.74) is 1.07. The standard InChI is InChI=1S/C15H13NO5/c1-10-3-2-4-13(15(10)16(19)20)21-12-7-5-11(6-8-12)9-14(17)18/h2-8H,9H2,1H3,(H,17,18). The summed E-state index contributed by atoms with van der Waals surface area (Å²) in [6.45, 7) is 1.64. The number of rotatable bonds is 5. The molecule has 0 bridgehead atoms. The van der Waals surface area contributed by atoms with Crippen LogP contribution in [0.15, 0.2) is 42.5 Å². The number of hydrogen-bond donors (Lipinski definition) is 1. The average molecular weight is 287 g/mol. The van der Waals surface area contributed by atoms with Crippen LogP contribution in [0.3, 0.4) is 0 Å².